The number of halogens is 1. The molecule has 1 atom stereocenters. The first-order valence-electron chi connectivity index (χ1n) is 5.23. The first-order chi connectivity index (χ1) is 7.99. The van der Waals surface area contributed by atoms with E-state index in [1.54, 1.807) is 12.1 Å². The van der Waals surface area contributed by atoms with Gasteiger partial charge in [0.05, 0.1) is 10.9 Å². The van der Waals surface area contributed by atoms with E-state index in [4.69, 9.17) is 6.42 Å². The van der Waals surface area contributed by atoms with Gasteiger partial charge in [-0.05, 0) is 30.7 Å². The standard InChI is InChI=1S/C12H14BrNO2S/c1-3-5-11(4-2)14-17(15,16)12-8-6-10(13)7-9-12/h2,6-9,11,14H,3,5H2,1H3. The van der Waals surface area contributed by atoms with Crippen LogP contribution in [-0.4, -0.2) is 14.5 Å². The first kappa shape index (κ1) is 14.2. The molecular weight excluding hydrogens is 302 g/mol. The molecule has 0 aliphatic heterocycles. The third kappa shape index (κ3) is 4.15. The molecule has 1 aromatic carbocycles. The lowest BCUT2D eigenvalue weighted by Gasteiger charge is -2.12. The molecule has 0 fully saturated rings. The lowest BCUT2D eigenvalue weighted by Crippen LogP contribution is -2.33. The van der Waals surface area contributed by atoms with Gasteiger partial charge in [-0.3, -0.25) is 0 Å². The van der Waals surface area contributed by atoms with Crippen LogP contribution in [0.1, 0.15) is 19.8 Å². The zero-order valence-corrected chi connectivity index (χ0v) is 11.9. The van der Waals surface area contributed by atoms with Gasteiger partial charge in [-0.15, -0.1) is 6.42 Å². The van der Waals surface area contributed by atoms with Crippen molar-refractivity contribution in [1.29, 1.82) is 0 Å². The molecule has 0 radical (unpaired) electrons. The fraction of sp³-hybridized carbons (Fsp3) is 0.333. The molecule has 0 aliphatic carbocycles. The minimum absolute atomic E-state index is 0.219. The van der Waals surface area contributed by atoms with Gasteiger partial charge in [0.2, 0.25) is 10.0 Å². The molecular formula is C12H14BrNO2S. The van der Waals surface area contributed by atoms with Gasteiger partial charge in [0.25, 0.3) is 0 Å². The summed E-state index contributed by atoms with van der Waals surface area (Å²) < 4.78 is 27.3. The number of hydrogen-bond donors (Lipinski definition) is 1. The van der Waals surface area contributed by atoms with Crippen LogP contribution in [0.4, 0.5) is 0 Å². The van der Waals surface area contributed by atoms with Gasteiger partial charge < -0.3 is 0 Å². The van der Waals surface area contributed by atoms with Gasteiger partial charge in [-0.1, -0.05) is 35.2 Å². The topological polar surface area (TPSA) is 46.2 Å². The summed E-state index contributed by atoms with van der Waals surface area (Å²) in [5, 5.41) is 0. The van der Waals surface area contributed by atoms with Gasteiger partial charge in [-0.2, -0.15) is 4.72 Å². The number of rotatable bonds is 5. The fourth-order valence-corrected chi connectivity index (χ4v) is 2.79. The van der Waals surface area contributed by atoms with Crippen molar-refractivity contribution in [3.8, 4) is 12.3 Å². The summed E-state index contributed by atoms with van der Waals surface area (Å²) >= 11 is 3.25. The van der Waals surface area contributed by atoms with Crippen LogP contribution in [0.25, 0.3) is 0 Å². The van der Waals surface area contributed by atoms with E-state index >= 15 is 0 Å². The molecule has 0 amide bonds. The number of hydrogen-bond acceptors (Lipinski definition) is 2. The Balaban J connectivity index is 2.89. The zero-order chi connectivity index (χ0) is 12.9. The summed E-state index contributed by atoms with van der Waals surface area (Å²) in [6.07, 6.45) is 6.75. The Morgan fingerprint density at radius 3 is 2.47 bits per heavy atom. The Morgan fingerprint density at radius 1 is 1.41 bits per heavy atom. The summed E-state index contributed by atoms with van der Waals surface area (Å²) in [4.78, 5) is 0.219. The zero-order valence-electron chi connectivity index (χ0n) is 9.48. The summed E-state index contributed by atoms with van der Waals surface area (Å²) in [6.45, 7) is 1.96. The van der Waals surface area contributed by atoms with E-state index in [1.807, 2.05) is 6.92 Å². The first-order valence-corrected chi connectivity index (χ1v) is 7.51. The average molecular weight is 316 g/mol. The van der Waals surface area contributed by atoms with E-state index in [2.05, 4.69) is 26.6 Å². The summed E-state index contributed by atoms with van der Waals surface area (Å²) in [7, 11) is -3.52. The average Bonchev–Trinajstić information content (AvgIpc) is 2.28. The molecule has 92 valence electrons. The molecule has 1 aromatic rings. The van der Waals surface area contributed by atoms with Crippen molar-refractivity contribution in [2.24, 2.45) is 0 Å². The van der Waals surface area contributed by atoms with Crippen LogP contribution in [0.2, 0.25) is 0 Å². The van der Waals surface area contributed by atoms with Crippen LogP contribution in [0.5, 0.6) is 0 Å². The Hall–Kier alpha value is -0.830. The van der Waals surface area contributed by atoms with Crippen molar-refractivity contribution >= 4 is 26.0 Å². The molecule has 0 saturated heterocycles. The van der Waals surface area contributed by atoms with Crippen LogP contribution in [0, 0.1) is 12.3 Å². The lowest BCUT2D eigenvalue weighted by atomic mass is 10.2. The number of benzene rings is 1. The maximum atomic E-state index is 12.0. The highest BCUT2D eigenvalue weighted by atomic mass is 79.9. The van der Waals surface area contributed by atoms with Crippen molar-refractivity contribution in [3.63, 3.8) is 0 Å². The summed E-state index contributed by atoms with van der Waals surface area (Å²) in [5.41, 5.74) is 0. The second-order valence-electron chi connectivity index (χ2n) is 3.58. The van der Waals surface area contributed by atoms with E-state index in [9.17, 15) is 8.42 Å². The Kier molecular flexibility index (Phi) is 5.19. The molecule has 0 heterocycles. The predicted octanol–water partition coefficient (Wildman–Crippen LogP) is 2.53. The third-order valence-corrected chi connectivity index (χ3v) is 4.22. The second kappa shape index (κ2) is 6.20. The van der Waals surface area contributed by atoms with Crippen molar-refractivity contribution < 1.29 is 8.42 Å². The van der Waals surface area contributed by atoms with Crippen LogP contribution >= 0.6 is 15.9 Å². The number of sulfonamides is 1. The smallest absolute Gasteiger partial charge is 0.207 e. The van der Waals surface area contributed by atoms with Gasteiger partial charge in [-0.25, -0.2) is 8.42 Å². The molecule has 1 N–H and O–H groups in total. The fourth-order valence-electron chi connectivity index (χ4n) is 1.33. The summed E-state index contributed by atoms with van der Waals surface area (Å²) in [5.74, 6) is 2.44. The maximum Gasteiger partial charge on any atom is 0.241 e. The highest BCUT2D eigenvalue weighted by Gasteiger charge is 2.17. The van der Waals surface area contributed by atoms with Crippen LogP contribution in [0.15, 0.2) is 33.6 Å². The molecule has 0 bridgehead atoms. The highest BCUT2D eigenvalue weighted by molar-refractivity contribution is 9.10. The van der Waals surface area contributed by atoms with Crippen molar-refractivity contribution in [2.75, 3.05) is 0 Å². The highest BCUT2D eigenvalue weighted by Crippen LogP contribution is 2.15. The van der Waals surface area contributed by atoms with Crippen molar-refractivity contribution in [1.82, 2.24) is 4.72 Å². The minimum Gasteiger partial charge on any atom is -0.207 e. The van der Waals surface area contributed by atoms with E-state index in [0.29, 0.717) is 6.42 Å². The van der Waals surface area contributed by atoms with Gasteiger partial charge in [0, 0.05) is 4.47 Å². The quantitative estimate of drug-likeness (QED) is 0.849. The number of nitrogens with one attached hydrogen (secondary N) is 1. The second-order valence-corrected chi connectivity index (χ2v) is 6.21. The van der Waals surface area contributed by atoms with Crippen molar-refractivity contribution in [3.05, 3.63) is 28.7 Å². The van der Waals surface area contributed by atoms with Gasteiger partial charge >= 0.3 is 0 Å². The number of terminal acetylenes is 1. The van der Waals surface area contributed by atoms with E-state index in [0.717, 1.165) is 10.9 Å². The largest absolute Gasteiger partial charge is 0.241 e. The molecule has 5 heteroatoms. The molecule has 3 nitrogen and oxygen atoms in total. The molecule has 17 heavy (non-hydrogen) atoms. The third-order valence-electron chi connectivity index (χ3n) is 2.20. The molecule has 0 saturated carbocycles. The Morgan fingerprint density at radius 2 is 2.00 bits per heavy atom. The van der Waals surface area contributed by atoms with Crippen LogP contribution in [-0.2, 0) is 10.0 Å². The van der Waals surface area contributed by atoms with E-state index < -0.39 is 16.1 Å². The molecule has 1 rings (SSSR count). The predicted molar refractivity (Wildman–Crippen MR) is 72.0 cm³/mol. The maximum absolute atomic E-state index is 12.0. The molecule has 1 unspecified atom stereocenters. The Labute approximate surface area is 111 Å². The molecule has 0 aromatic heterocycles. The van der Waals surface area contributed by atoms with Crippen LogP contribution < -0.4 is 4.72 Å². The monoisotopic (exact) mass is 315 g/mol. The van der Waals surface area contributed by atoms with Gasteiger partial charge in [0.1, 0.15) is 0 Å². The van der Waals surface area contributed by atoms with Crippen LogP contribution in [0.3, 0.4) is 0 Å². The minimum atomic E-state index is -3.52. The summed E-state index contributed by atoms with van der Waals surface area (Å²) in [6, 6.07) is 5.98. The molecule has 0 aliphatic rings. The van der Waals surface area contributed by atoms with Gasteiger partial charge in [0.15, 0.2) is 0 Å². The molecule has 0 spiro atoms. The normalized spacial score (nSPS) is 13.0. The lowest BCUT2D eigenvalue weighted by molar-refractivity contribution is 0.564. The SMILES string of the molecule is C#CC(CCC)NS(=O)(=O)c1ccc(Br)cc1. The van der Waals surface area contributed by atoms with E-state index in [-0.39, 0.29) is 4.90 Å². The van der Waals surface area contributed by atoms with Crippen molar-refractivity contribution in [2.45, 2.75) is 30.7 Å². The Bertz CT molecular complexity index is 502. The van der Waals surface area contributed by atoms with E-state index in [1.165, 1.54) is 12.1 Å².